The van der Waals surface area contributed by atoms with Gasteiger partial charge in [-0.15, -0.1) is 5.53 Å². The van der Waals surface area contributed by atoms with Crippen LogP contribution in [0.3, 0.4) is 0 Å². The zero-order valence-corrected chi connectivity index (χ0v) is 17.5. The predicted molar refractivity (Wildman–Crippen MR) is 118 cm³/mol. The summed E-state index contributed by atoms with van der Waals surface area (Å²) in [6.07, 6.45) is 1.84. The minimum Gasteiger partial charge on any atom is -0.321 e. The number of hydrogen-bond donors (Lipinski definition) is 1. The zero-order valence-electron chi connectivity index (χ0n) is 16.8. The lowest BCUT2D eigenvalue weighted by molar-refractivity contribution is 0.125. The maximum Gasteiger partial charge on any atom is 0.340 e. The first-order chi connectivity index (χ1) is 14.6. The summed E-state index contributed by atoms with van der Waals surface area (Å²) in [4.78, 5) is 22.0. The van der Waals surface area contributed by atoms with Crippen molar-refractivity contribution in [2.45, 2.75) is 0 Å². The Morgan fingerprint density at radius 1 is 1.07 bits per heavy atom. The molecule has 7 nitrogen and oxygen atoms in total. The molecule has 0 bridgehead atoms. The molecule has 2 amide bonds. The molecule has 1 fully saturated rings. The molecule has 2 aromatic rings. The number of carbonyl (C=O) groups is 1. The maximum atomic E-state index is 13.0. The van der Waals surface area contributed by atoms with E-state index < -0.39 is 0 Å². The lowest BCUT2D eigenvalue weighted by atomic mass is 10.0. The van der Waals surface area contributed by atoms with E-state index >= 15 is 0 Å². The van der Waals surface area contributed by atoms with Crippen molar-refractivity contribution < 1.29 is 4.79 Å². The first kappa shape index (κ1) is 19.1. The Morgan fingerprint density at radius 3 is 2.60 bits per heavy atom. The molecule has 0 aliphatic carbocycles. The average Bonchev–Trinajstić information content (AvgIpc) is 3.13. The molecule has 0 atom stereocenters. The summed E-state index contributed by atoms with van der Waals surface area (Å²) in [5.41, 5.74) is 7.92. The lowest BCUT2D eigenvalue weighted by Gasteiger charge is -2.34. The highest BCUT2D eigenvalue weighted by Gasteiger charge is 2.33. The van der Waals surface area contributed by atoms with Crippen molar-refractivity contribution in [3.05, 3.63) is 76.6 Å². The van der Waals surface area contributed by atoms with Crippen molar-refractivity contribution in [1.82, 2.24) is 20.3 Å². The monoisotopic (exact) mass is 422 g/mol. The highest BCUT2D eigenvalue weighted by atomic mass is 35.5. The van der Waals surface area contributed by atoms with Crippen molar-refractivity contribution in [2.75, 3.05) is 44.8 Å². The number of likely N-dealkylation sites (N-methyl/N-ethyl adjacent to an activating group) is 1. The van der Waals surface area contributed by atoms with Crippen LogP contribution in [0, 0.1) is 0 Å². The van der Waals surface area contributed by atoms with Crippen LogP contribution in [0.5, 0.6) is 0 Å². The van der Waals surface area contributed by atoms with Crippen molar-refractivity contribution in [2.24, 2.45) is 4.99 Å². The fraction of sp³-hybridized carbons (Fsp3) is 0.273. The molecule has 154 valence electrons. The standard InChI is InChI=1S/C22H23ClN6O/c1-26-9-11-27(12-10-26)22(30)28-15-18-14-24-21(16-5-3-2-4-6-16)19-13-17(23)7-8-20(19)29(18)25-28/h2-8,13,15,25H,9-12,14H2,1H3. The summed E-state index contributed by atoms with van der Waals surface area (Å²) >= 11 is 6.33. The Hall–Kier alpha value is -2.87. The molecule has 0 aromatic heterocycles. The molecule has 0 saturated carbocycles. The second kappa shape index (κ2) is 7.75. The number of carbonyl (C=O) groups excluding carboxylic acids is 1. The Bertz CT molecular complexity index is 1030. The Balaban J connectivity index is 1.48. The quantitative estimate of drug-likeness (QED) is 0.767. The third-order valence-corrected chi connectivity index (χ3v) is 5.89. The van der Waals surface area contributed by atoms with E-state index in [1.54, 1.807) is 5.01 Å². The van der Waals surface area contributed by atoms with Gasteiger partial charge in [-0.05, 0) is 25.2 Å². The number of amides is 2. The summed E-state index contributed by atoms with van der Waals surface area (Å²) in [7, 11) is 2.08. The third-order valence-electron chi connectivity index (χ3n) is 5.65. The van der Waals surface area contributed by atoms with Crippen LogP contribution in [0.2, 0.25) is 5.02 Å². The van der Waals surface area contributed by atoms with Gasteiger partial charge < -0.3 is 9.80 Å². The SMILES string of the molecule is CN1CCN(C(=O)N2C=C3CN=C(c4ccccc4)c4cc(Cl)ccc4N3N2)CC1. The van der Waals surface area contributed by atoms with E-state index in [1.165, 1.54) is 0 Å². The summed E-state index contributed by atoms with van der Waals surface area (Å²) < 4.78 is 0. The van der Waals surface area contributed by atoms with Gasteiger partial charge in [0.1, 0.15) is 0 Å². The molecule has 1 saturated heterocycles. The fourth-order valence-electron chi connectivity index (χ4n) is 3.96. The van der Waals surface area contributed by atoms with Crippen molar-refractivity contribution in [3.63, 3.8) is 0 Å². The molecular weight excluding hydrogens is 400 g/mol. The van der Waals surface area contributed by atoms with E-state index in [4.69, 9.17) is 16.6 Å². The van der Waals surface area contributed by atoms with Crippen LogP contribution in [0.1, 0.15) is 11.1 Å². The Morgan fingerprint density at radius 2 is 1.83 bits per heavy atom. The maximum absolute atomic E-state index is 13.0. The molecule has 5 rings (SSSR count). The van der Waals surface area contributed by atoms with Crippen LogP contribution >= 0.6 is 11.6 Å². The number of piperazine rings is 1. The van der Waals surface area contributed by atoms with Crippen LogP contribution in [0.25, 0.3) is 0 Å². The summed E-state index contributed by atoms with van der Waals surface area (Å²) in [6, 6.07) is 15.8. The molecule has 8 heteroatoms. The smallest absolute Gasteiger partial charge is 0.321 e. The topological polar surface area (TPSA) is 54.4 Å². The number of fused-ring (bicyclic) bond motifs is 3. The molecule has 3 heterocycles. The molecule has 3 aliphatic rings. The number of nitrogens with zero attached hydrogens (tertiary/aromatic N) is 5. The molecule has 1 N–H and O–H groups in total. The average molecular weight is 423 g/mol. The van der Waals surface area contributed by atoms with Gasteiger partial charge in [0.15, 0.2) is 0 Å². The second-order valence-electron chi connectivity index (χ2n) is 7.69. The van der Waals surface area contributed by atoms with E-state index in [0.717, 1.165) is 54.4 Å². The minimum absolute atomic E-state index is 0.0496. The summed E-state index contributed by atoms with van der Waals surface area (Å²) in [5.74, 6) is 0. The van der Waals surface area contributed by atoms with E-state index in [9.17, 15) is 4.79 Å². The van der Waals surface area contributed by atoms with Crippen LogP contribution in [-0.4, -0.2) is 66.3 Å². The van der Waals surface area contributed by atoms with Gasteiger partial charge in [0.25, 0.3) is 0 Å². The molecule has 30 heavy (non-hydrogen) atoms. The summed E-state index contributed by atoms with van der Waals surface area (Å²) in [5, 5.41) is 4.13. The number of anilines is 1. The normalized spacial score (nSPS) is 19.1. The highest BCUT2D eigenvalue weighted by molar-refractivity contribution is 6.31. The van der Waals surface area contributed by atoms with Gasteiger partial charge in [-0.25, -0.2) is 9.80 Å². The molecule has 0 radical (unpaired) electrons. The molecule has 2 aromatic carbocycles. The van der Waals surface area contributed by atoms with E-state index in [0.29, 0.717) is 11.6 Å². The van der Waals surface area contributed by atoms with Gasteiger partial charge >= 0.3 is 6.03 Å². The predicted octanol–water partition coefficient (Wildman–Crippen LogP) is 2.94. The molecular formula is C22H23ClN6O. The van der Waals surface area contributed by atoms with Crippen LogP contribution in [0.15, 0.2) is 65.4 Å². The number of hydrogen-bond acceptors (Lipinski definition) is 5. The number of hydrazine groups is 2. The Labute approximate surface area is 180 Å². The van der Waals surface area contributed by atoms with Gasteiger partial charge in [0, 0.05) is 42.3 Å². The minimum atomic E-state index is -0.0496. The number of rotatable bonds is 1. The van der Waals surface area contributed by atoms with Gasteiger partial charge in [0.2, 0.25) is 0 Å². The largest absolute Gasteiger partial charge is 0.340 e. The van der Waals surface area contributed by atoms with Crippen LogP contribution < -0.4 is 10.5 Å². The molecule has 0 unspecified atom stereocenters. The first-order valence-corrected chi connectivity index (χ1v) is 10.4. The number of benzene rings is 2. The Kier molecular flexibility index (Phi) is 4.94. The third kappa shape index (κ3) is 3.45. The number of urea groups is 1. The highest BCUT2D eigenvalue weighted by Crippen LogP contribution is 2.33. The summed E-state index contributed by atoms with van der Waals surface area (Å²) in [6.45, 7) is 3.66. The van der Waals surface area contributed by atoms with Gasteiger partial charge in [0.05, 0.1) is 29.8 Å². The second-order valence-corrected chi connectivity index (χ2v) is 8.13. The molecule has 0 spiro atoms. The lowest BCUT2D eigenvalue weighted by Crippen LogP contribution is -2.54. The van der Waals surface area contributed by atoms with E-state index in [2.05, 4.69) is 17.5 Å². The van der Waals surface area contributed by atoms with Gasteiger partial charge in [-0.3, -0.25) is 10.0 Å². The zero-order chi connectivity index (χ0) is 20.7. The van der Waals surface area contributed by atoms with Crippen LogP contribution in [0.4, 0.5) is 10.5 Å². The molecule has 3 aliphatic heterocycles. The first-order valence-electron chi connectivity index (χ1n) is 10.0. The fourth-order valence-corrected chi connectivity index (χ4v) is 4.13. The van der Waals surface area contributed by atoms with Gasteiger partial charge in [-0.1, -0.05) is 41.9 Å². The van der Waals surface area contributed by atoms with Gasteiger partial charge in [-0.2, -0.15) is 0 Å². The van der Waals surface area contributed by atoms with E-state index in [-0.39, 0.29) is 6.03 Å². The number of halogens is 1. The van der Waals surface area contributed by atoms with Crippen molar-refractivity contribution >= 4 is 29.0 Å². The van der Waals surface area contributed by atoms with Crippen molar-refractivity contribution in [1.29, 1.82) is 0 Å². The number of nitrogens with one attached hydrogen (secondary N) is 1. The van der Waals surface area contributed by atoms with Crippen molar-refractivity contribution in [3.8, 4) is 0 Å². The van der Waals surface area contributed by atoms with Crippen LogP contribution in [-0.2, 0) is 0 Å². The number of aliphatic imine (C=N–C) groups is 1. The van der Waals surface area contributed by atoms with E-state index in [1.807, 2.05) is 64.6 Å².